The van der Waals surface area contributed by atoms with Gasteiger partial charge in [0.05, 0.1) is 18.3 Å². The maximum Gasteiger partial charge on any atom is 0.0680 e. The van der Waals surface area contributed by atoms with Crippen molar-refractivity contribution in [2.75, 3.05) is 26.2 Å². The Morgan fingerprint density at radius 2 is 2.00 bits per heavy atom. The predicted molar refractivity (Wildman–Crippen MR) is 58.9 cm³/mol. The number of morpholine rings is 1. The van der Waals surface area contributed by atoms with Gasteiger partial charge in [0, 0.05) is 32.2 Å². The van der Waals surface area contributed by atoms with Crippen molar-refractivity contribution in [2.45, 2.75) is 44.6 Å². The molecule has 4 nitrogen and oxygen atoms in total. The molecule has 15 heavy (non-hydrogen) atoms. The maximum absolute atomic E-state index is 9.43. The van der Waals surface area contributed by atoms with Gasteiger partial charge in [-0.15, -0.1) is 0 Å². The molecular weight excluding hydrogens is 192 g/mol. The van der Waals surface area contributed by atoms with Crippen molar-refractivity contribution in [3.63, 3.8) is 0 Å². The van der Waals surface area contributed by atoms with Crippen molar-refractivity contribution in [2.24, 2.45) is 0 Å². The van der Waals surface area contributed by atoms with E-state index >= 15 is 0 Å². The van der Waals surface area contributed by atoms with E-state index in [1.54, 1.807) is 0 Å². The average Bonchev–Trinajstić information content (AvgIpc) is 2.49. The van der Waals surface area contributed by atoms with Crippen LogP contribution in [0.5, 0.6) is 0 Å². The first-order chi connectivity index (χ1) is 7.13. The molecule has 2 rings (SSSR count). The van der Waals surface area contributed by atoms with Crippen LogP contribution < -0.4 is 5.32 Å². The second kappa shape index (κ2) is 4.78. The molecule has 0 radical (unpaired) electrons. The van der Waals surface area contributed by atoms with Gasteiger partial charge in [-0.05, 0) is 20.3 Å². The molecular formula is C11H22N2O2. The smallest absolute Gasteiger partial charge is 0.0680 e. The number of ether oxygens (including phenoxy) is 1. The lowest BCUT2D eigenvalue weighted by molar-refractivity contribution is -0.0696. The van der Waals surface area contributed by atoms with E-state index in [0.717, 1.165) is 32.6 Å². The van der Waals surface area contributed by atoms with Crippen LogP contribution in [0.2, 0.25) is 0 Å². The van der Waals surface area contributed by atoms with E-state index in [4.69, 9.17) is 4.74 Å². The highest BCUT2D eigenvalue weighted by Gasteiger charge is 2.27. The molecule has 4 unspecified atom stereocenters. The van der Waals surface area contributed by atoms with Crippen LogP contribution in [0.4, 0.5) is 0 Å². The van der Waals surface area contributed by atoms with E-state index in [2.05, 4.69) is 24.1 Å². The number of aliphatic hydroxyl groups is 1. The highest BCUT2D eigenvalue weighted by molar-refractivity contribution is 4.85. The predicted octanol–water partition coefficient (Wildman–Crippen LogP) is -0.182. The van der Waals surface area contributed by atoms with Crippen LogP contribution in [-0.2, 0) is 4.74 Å². The first-order valence-corrected chi connectivity index (χ1v) is 5.92. The van der Waals surface area contributed by atoms with Gasteiger partial charge < -0.3 is 15.2 Å². The van der Waals surface area contributed by atoms with Gasteiger partial charge in [0.1, 0.15) is 0 Å². The maximum atomic E-state index is 9.43. The van der Waals surface area contributed by atoms with Gasteiger partial charge in [-0.3, -0.25) is 4.90 Å². The van der Waals surface area contributed by atoms with Crippen LogP contribution in [0, 0.1) is 0 Å². The number of hydrogen-bond acceptors (Lipinski definition) is 4. The summed E-state index contributed by atoms with van der Waals surface area (Å²) in [6.45, 7) is 8.06. The Morgan fingerprint density at radius 1 is 1.33 bits per heavy atom. The molecule has 0 bridgehead atoms. The first kappa shape index (κ1) is 11.3. The zero-order valence-corrected chi connectivity index (χ0v) is 9.65. The molecule has 0 aromatic heterocycles. The summed E-state index contributed by atoms with van der Waals surface area (Å²) in [7, 11) is 0. The van der Waals surface area contributed by atoms with E-state index in [9.17, 15) is 5.11 Å². The van der Waals surface area contributed by atoms with Gasteiger partial charge >= 0.3 is 0 Å². The largest absolute Gasteiger partial charge is 0.392 e. The molecule has 2 aliphatic heterocycles. The molecule has 88 valence electrons. The molecule has 0 aromatic carbocycles. The lowest BCUT2D eigenvalue weighted by Crippen LogP contribution is -2.49. The number of β-amino-alcohol motifs (C(OH)–C–C–N with tert-alkyl or cyclic N) is 1. The van der Waals surface area contributed by atoms with E-state index < -0.39 is 0 Å². The van der Waals surface area contributed by atoms with Gasteiger partial charge in [-0.2, -0.15) is 0 Å². The van der Waals surface area contributed by atoms with Crippen molar-refractivity contribution < 1.29 is 9.84 Å². The fourth-order valence-corrected chi connectivity index (χ4v) is 2.68. The van der Waals surface area contributed by atoms with Crippen molar-refractivity contribution in [1.82, 2.24) is 10.2 Å². The Bertz CT molecular complexity index is 203. The summed E-state index contributed by atoms with van der Waals surface area (Å²) >= 11 is 0. The molecule has 2 heterocycles. The van der Waals surface area contributed by atoms with Crippen LogP contribution in [0.25, 0.3) is 0 Å². The Morgan fingerprint density at radius 3 is 2.53 bits per heavy atom. The van der Waals surface area contributed by atoms with Crippen LogP contribution in [0.1, 0.15) is 20.3 Å². The third-order valence-corrected chi connectivity index (χ3v) is 3.17. The molecule has 4 atom stereocenters. The Balaban J connectivity index is 1.78. The fraction of sp³-hybridized carbons (Fsp3) is 1.00. The molecule has 0 saturated carbocycles. The molecule has 0 aliphatic carbocycles. The van der Waals surface area contributed by atoms with Crippen molar-refractivity contribution in [1.29, 1.82) is 0 Å². The fourth-order valence-electron chi connectivity index (χ4n) is 2.68. The standard InChI is InChI=1S/C11H22N2O2/c1-8-5-13(6-9(2)15-8)7-10-3-11(14)4-12-10/h8-12,14H,3-7H2,1-2H3. The summed E-state index contributed by atoms with van der Waals surface area (Å²) in [6.07, 6.45) is 1.41. The lowest BCUT2D eigenvalue weighted by Gasteiger charge is -2.36. The molecule has 0 aromatic rings. The highest BCUT2D eigenvalue weighted by Crippen LogP contribution is 2.14. The Labute approximate surface area is 91.6 Å². The van der Waals surface area contributed by atoms with Crippen LogP contribution in [0.3, 0.4) is 0 Å². The third kappa shape index (κ3) is 3.14. The minimum atomic E-state index is -0.147. The normalized spacial score (nSPS) is 43.4. The minimum Gasteiger partial charge on any atom is -0.392 e. The highest BCUT2D eigenvalue weighted by atomic mass is 16.5. The van der Waals surface area contributed by atoms with Crippen molar-refractivity contribution in [3.05, 3.63) is 0 Å². The first-order valence-electron chi connectivity index (χ1n) is 5.92. The molecule has 0 spiro atoms. The SMILES string of the molecule is CC1CN(CC2CC(O)CN2)CC(C)O1. The number of nitrogens with zero attached hydrogens (tertiary/aromatic N) is 1. The van der Waals surface area contributed by atoms with Gasteiger partial charge in [-0.25, -0.2) is 0 Å². The molecule has 2 saturated heterocycles. The van der Waals surface area contributed by atoms with Gasteiger partial charge in [0.15, 0.2) is 0 Å². The van der Waals surface area contributed by atoms with Crippen LogP contribution >= 0.6 is 0 Å². The lowest BCUT2D eigenvalue weighted by atomic mass is 10.1. The van der Waals surface area contributed by atoms with Gasteiger partial charge in [0.2, 0.25) is 0 Å². The zero-order chi connectivity index (χ0) is 10.8. The monoisotopic (exact) mass is 214 g/mol. The van der Waals surface area contributed by atoms with Crippen molar-refractivity contribution >= 4 is 0 Å². The van der Waals surface area contributed by atoms with Crippen molar-refractivity contribution in [3.8, 4) is 0 Å². The third-order valence-electron chi connectivity index (χ3n) is 3.17. The molecule has 2 aliphatic rings. The summed E-state index contributed by atoms with van der Waals surface area (Å²) in [6, 6.07) is 0.456. The van der Waals surface area contributed by atoms with E-state index in [-0.39, 0.29) is 6.10 Å². The second-order valence-electron chi connectivity index (χ2n) is 4.97. The van der Waals surface area contributed by atoms with Gasteiger partial charge in [0.25, 0.3) is 0 Å². The minimum absolute atomic E-state index is 0.147. The molecule has 0 amide bonds. The second-order valence-corrected chi connectivity index (χ2v) is 4.97. The van der Waals surface area contributed by atoms with E-state index in [0.29, 0.717) is 18.2 Å². The summed E-state index contributed by atoms with van der Waals surface area (Å²) in [4.78, 5) is 2.44. The summed E-state index contributed by atoms with van der Waals surface area (Å²) in [5.74, 6) is 0. The quantitative estimate of drug-likeness (QED) is 0.669. The summed E-state index contributed by atoms with van der Waals surface area (Å²) in [5, 5.41) is 12.8. The summed E-state index contributed by atoms with van der Waals surface area (Å²) in [5.41, 5.74) is 0. The number of hydrogen-bond donors (Lipinski definition) is 2. The average molecular weight is 214 g/mol. The molecule has 2 N–H and O–H groups in total. The zero-order valence-electron chi connectivity index (χ0n) is 9.65. The number of aliphatic hydroxyl groups excluding tert-OH is 1. The number of rotatable bonds is 2. The van der Waals surface area contributed by atoms with Gasteiger partial charge in [-0.1, -0.05) is 0 Å². The molecule has 4 heteroatoms. The van der Waals surface area contributed by atoms with Crippen LogP contribution in [0.15, 0.2) is 0 Å². The topological polar surface area (TPSA) is 44.7 Å². The Kier molecular flexibility index (Phi) is 3.61. The number of nitrogens with one attached hydrogen (secondary N) is 1. The van der Waals surface area contributed by atoms with E-state index in [1.165, 1.54) is 0 Å². The summed E-state index contributed by atoms with van der Waals surface area (Å²) < 4.78 is 5.69. The van der Waals surface area contributed by atoms with Crippen LogP contribution in [-0.4, -0.2) is 60.5 Å². The molecule has 2 fully saturated rings. The Hall–Kier alpha value is -0.160. The van der Waals surface area contributed by atoms with E-state index in [1.807, 2.05) is 0 Å².